The van der Waals surface area contributed by atoms with E-state index in [1.54, 1.807) is 11.3 Å². The standard InChI is InChI=1S/C18H29N3O2S/c22-15-5-8-20(11-15)12-17-19-16(13-24-17)18(23)6-9-21(10-7-18)14-3-1-2-4-14/h13-15,22-23H,1-12H2. The molecule has 0 aromatic carbocycles. The highest BCUT2D eigenvalue weighted by Gasteiger charge is 2.38. The average Bonchev–Trinajstić information content (AvgIpc) is 3.31. The van der Waals surface area contributed by atoms with E-state index in [0.717, 1.165) is 68.7 Å². The van der Waals surface area contributed by atoms with E-state index in [1.807, 2.05) is 5.38 Å². The van der Waals surface area contributed by atoms with Crippen molar-refractivity contribution in [2.45, 2.75) is 69.2 Å². The van der Waals surface area contributed by atoms with Crippen LogP contribution >= 0.6 is 11.3 Å². The first-order valence-corrected chi connectivity index (χ1v) is 10.3. The Labute approximate surface area is 148 Å². The summed E-state index contributed by atoms with van der Waals surface area (Å²) in [5.41, 5.74) is 0.127. The van der Waals surface area contributed by atoms with Crippen LogP contribution in [0.1, 0.15) is 55.6 Å². The van der Waals surface area contributed by atoms with Crippen LogP contribution in [0.15, 0.2) is 5.38 Å². The van der Waals surface area contributed by atoms with Crippen molar-refractivity contribution >= 4 is 11.3 Å². The number of likely N-dealkylation sites (tertiary alicyclic amines) is 2. The first kappa shape index (κ1) is 16.9. The molecule has 0 amide bonds. The van der Waals surface area contributed by atoms with Gasteiger partial charge in [0, 0.05) is 37.6 Å². The summed E-state index contributed by atoms with van der Waals surface area (Å²) in [4.78, 5) is 9.58. The van der Waals surface area contributed by atoms with Crippen molar-refractivity contribution in [3.05, 3.63) is 16.1 Å². The Bertz CT molecular complexity index is 550. The van der Waals surface area contributed by atoms with E-state index >= 15 is 0 Å². The molecule has 2 saturated heterocycles. The lowest BCUT2D eigenvalue weighted by Gasteiger charge is -2.40. The summed E-state index contributed by atoms with van der Waals surface area (Å²) in [7, 11) is 0. The van der Waals surface area contributed by atoms with Crippen LogP contribution in [0, 0.1) is 0 Å². The smallest absolute Gasteiger partial charge is 0.110 e. The van der Waals surface area contributed by atoms with Crippen molar-refractivity contribution in [3.8, 4) is 0 Å². The highest BCUT2D eigenvalue weighted by molar-refractivity contribution is 7.09. The number of rotatable bonds is 4. The maximum absolute atomic E-state index is 11.1. The van der Waals surface area contributed by atoms with Gasteiger partial charge >= 0.3 is 0 Å². The molecule has 3 aliphatic rings. The molecule has 1 atom stereocenters. The normalized spacial score (nSPS) is 29.5. The quantitative estimate of drug-likeness (QED) is 0.868. The van der Waals surface area contributed by atoms with Gasteiger partial charge in [-0.3, -0.25) is 4.90 Å². The molecule has 2 aliphatic heterocycles. The van der Waals surface area contributed by atoms with Gasteiger partial charge < -0.3 is 15.1 Å². The molecule has 1 saturated carbocycles. The lowest BCUT2D eigenvalue weighted by molar-refractivity contribution is -0.0379. The molecule has 3 fully saturated rings. The fourth-order valence-electron chi connectivity index (χ4n) is 4.53. The molecule has 1 aromatic rings. The zero-order valence-corrected chi connectivity index (χ0v) is 15.2. The van der Waals surface area contributed by atoms with Crippen LogP contribution in [0.2, 0.25) is 0 Å². The van der Waals surface area contributed by atoms with Crippen LogP contribution in [-0.4, -0.2) is 63.3 Å². The van der Waals surface area contributed by atoms with Crippen LogP contribution in [0.25, 0.3) is 0 Å². The zero-order valence-electron chi connectivity index (χ0n) is 14.4. The molecule has 24 heavy (non-hydrogen) atoms. The minimum absolute atomic E-state index is 0.187. The van der Waals surface area contributed by atoms with E-state index in [-0.39, 0.29) is 6.10 Å². The summed E-state index contributed by atoms with van der Waals surface area (Å²) in [5, 5.41) is 23.8. The number of nitrogens with zero attached hydrogens (tertiary/aromatic N) is 3. The molecule has 3 heterocycles. The van der Waals surface area contributed by atoms with Gasteiger partial charge in [0.2, 0.25) is 0 Å². The van der Waals surface area contributed by atoms with E-state index in [9.17, 15) is 10.2 Å². The molecule has 6 heteroatoms. The maximum Gasteiger partial charge on any atom is 0.110 e. The van der Waals surface area contributed by atoms with Gasteiger partial charge in [-0.05, 0) is 32.1 Å². The summed E-state index contributed by atoms with van der Waals surface area (Å²) >= 11 is 1.65. The molecule has 1 aliphatic carbocycles. The minimum Gasteiger partial charge on any atom is -0.392 e. The van der Waals surface area contributed by atoms with Gasteiger partial charge in [0.25, 0.3) is 0 Å². The highest BCUT2D eigenvalue weighted by atomic mass is 32.1. The van der Waals surface area contributed by atoms with E-state index in [1.165, 1.54) is 25.7 Å². The summed E-state index contributed by atoms with van der Waals surface area (Å²) in [6, 6.07) is 0.752. The average molecular weight is 352 g/mol. The molecule has 0 bridgehead atoms. The Morgan fingerprint density at radius 2 is 1.92 bits per heavy atom. The lowest BCUT2D eigenvalue weighted by Crippen LogP contribution is -2.46. The topological polar surface area (TPSA) is 59.8 Å². The number of thiazole rings is 1. The molecule has 0 spiro atoms. The number of β-amino-alcohol motifs (C(OH)–C–C–N with tert-alkyl or cyclic N) is 1. The van der Waals surface area contributed by atoms with Crippen LogP contribution in [0.5, 0.6) is 0 Å². The molecule has 5 nitrogen and oxygen atoms in total. The van der Waals surface area contributed by atoms with E-state index in [2.05, 4.69) is 9.80 Å². The molecular weight excluding hydrogens is 322 g/mol. The van der Waals surface area contributed by atoms with Crippen molar-refractivity contribution < 1.29 is 10.2 Å². The summed E-state index contributed by atoms with van der Waals surface area (Å²) in [5.74, 6) is 0. The second kappa shape index (κ2) is 7.00. The van der Waals surface area contributed by atoms with Gasteiger partial charge in [-0.1, -0.05) is 12.8 Å². The Hall–Kier alpha value is -0.530. The monoisotopic (exact) mass is 351 g/mol. The molecule has 4 rings (SSSR count). The molecule has 0 radical (unpaired) electrons. The first-order chi connectivity index (χ1) is 11.6. The van der Waals surface area contributed by atoms with Gasteiger partial charge in [0.1, 0.15) is 10.6 Å². The van der Waals surface area contributed by atoms with Gasteiger partial charge in [0.15, 0.2) is 0 Å². The predicted octanol–water partition coefficient (Wildman–Crippen LogP) is 1.94. The van der Waals surface area contributed by atoms with Gasteiger partial charge in [0.05, 0.1) is 18.3 Å². The van der Waals surface area contributed by atoms with Crippen molar-refractivity contribution in [1.29, 1.82) is 0 Å². The van der Waals surface area contributed by atoms with Crippen LogP contribution < -0.4 is 0 Å². The number of hydrogen-bond acceptors (Lipinski definition) is 6. The van der Waals surface area contributed by atoms with Crippen molar-refractivity contribution in [3.63, 3.8) is 0 Å². The third-order valence-corrected chi connectivity index (χ3v) is 6.93. The minimum atomic E-state index is -0.742. The number of hydrogen-bond donors (Lipinski definition) is 2. The molecule has 1 unspecified atom stereocenters. The van der Waals surface area contributed by atoms with E-state index < -0.39 is 5.60 Å². The Balaban J connectivity index is 1.35. The second-order valence-electron chi connectivity index (χ2n) is 7.81. The number of piperidine rings is 1. The maximum atomic E-state index is 11.1. The van der Waals surface area contributed by atoms with Crippen molar-refractivity contribution in [1.82, 2.24) is 14.8 Å². The second-order valence-corrected chi connectivity index (χ2v) is 8.75. The number of aliphatic hydroxyl groups is 2. The van der Waals surface area contributed by atoms with E-state index in [4.69, 9.17) is 4.98 Å². The number of aliphatic hydroxyl groups excluding tert-OH is 1. The van der Waals surface area contributed by atoms with Gasteiger partial charge in [-0.15, -0.1) is 11.3 Å². The SMILES string of the molecule is OC1CCN(Cc2nc(C3(O)CCN(C4CCCC4)CC3)cs2)C1. The highest BCUT2D eigenvalue weighted by Crippen LogP contribution is 2.36. The van der Waals surface area contributed by atoms with Crippen molar-refractivity contribution in [2.75, 3.05) is 26.2 Å². The molecule has 1 aromatic heterocycles. The predicted molar refractivity (Wildman–Crippen MR) is 95.0 cm³/mol. The Kier molecular flexibility index (Phi) is 4.93. The van der Waals surface area contributed by atoms with Gasteiger partial charge in [-0.25, -0.2) is 4.98 Å². The Morgan fingerprint density at radius 1 is 1.17 bits per heavy atom. The van der Waals surface area contributed by atoms with Crippen LogP contribution in [-0.2, 0) is 12.1 Å². The number of aromatic nitrogens is 1. The molecule has 134 valence electrons. The van der Waals surface area contributed by atoms with Crippen molar-refractivity contribution in [2.24, 2.45) is 0 Å². The van der Waals surface area contributed by atoms with Crippen LogP contribution in [0.4, 0.5) is 0 Å². The Morgan fingerprint density at radius 3 is 2.58 bits per heavy atom. The molecular formula is C18H29N3O2S. The summed E-state index contributed by atoms with van der Waals surface area (Å²) in [6.07, 6.45) is 7.68. The zero-order chi connectivity index (χ0) is 16.6. The largest absolute Gasteiger partial charge is 0.392 e. The molecule has 2 N–H and O–H groups in total. The lowest BCUT2D eigenvalue weighted by atomic mass is 9.88. The van der Waals surface area contributed by atoms with E-state index in [0.29, 0.717) is 0 Å². The summed E-state index contributed by atoms with van der Waals surface area (Å²) < 4.78 is 0. The third-order valence-electron chi connectivity index (χ3n) is 6.10. The van der Waals surface area contributed by atoms with Gasteiger partial charge in [-0.2, -0.15) is 0 Å². The first-order valence-electron chi connectivity index (χ1n) is 9.44. The summed E-state index contributed by atoms with van der Waals surface area (Å²) in [6.45, 7) is 4.47. The fraction of sp³-hybridized carbons (Fsp3) is 0.833. The third kappa shape index (κ3) is 3.53. The fourth-order valence-corrected chi connectivity index (χ4v) is 5.46. The van der Waals surface area contributed by atoms with Crippen LogP contribution in [0.3, 0.4) is 0 Å².